The van der Waals surface area contributed by atoms with Crippen LogP contribution in [0.15, 0.2) is 0 Å². The van der Waals surface area contributed by atoms with E-state index in [1.54, 1.807) is 0 Å². The first kappa shape index (κ1) is 13.5. The van der Waals surface area contributed by atoms with Crippen molar-refractivity contribution in [1.29, 1.82) is 0 Å². The molecule has 0 spiro atoms. The number of aliphatic carboxylic acids is 1. The molecule has 1 aliphatic heterocycles. The second kappa shape index (κ2) is 6.21. The van der Waals surface area contributed by atoms with Gasteiger partial charge in [0.1, 0.15) is 0 Å². The smallest absolute Gasteiger partial charge is 0.303 e. The van der Waals surface area contributed by atoms with Crippen LogP contribution in [0.25, 0.3) is 0 Å². The van der Waals surface area contributed by atoms with Gasteiger partial charge in [-0.15, -0.1) is 0 Å². The van der Waals surface area contributed by atoms with Crippen LogP contribution < -0.4 is 5.32 Å². The molecule has 2 unspecified atom stereocenters. The Hall–Kier alpha value is -0.610. The van der Waals surface area contributed by atoms with Crippen molar-refractivity contribution in [2.24, 2.45) is 0 Å². The lowest BCUT2D eigenvalue weighted by molar-refractivity contribution is -0.137. The first-order valence-electron chi connectivity index (χ1n) is 6.22. The van der Waals surface area contributed by atoms with Gasteiger partial charge in [-0.1, -0.05) is 0 Å². The highest BCUT2D eigenvalue weighted by atomic mass is 16.4. The molecule has 0 radical (unpaired) electrons. The molecule has 1 heterocycles. The van der Waals surface area contributed by atoms with Crippen molar-refractivity contribution >= 4 is 5.97 Å². The maximum atomic E-state index is 10.6. The van der Waals surface area contributed by atoms with Crippen LogP contribution in [0, 0.1) is 0 Å². The molecule has 94 valence electrons. The van der Waals surface area contributed by atoms with Crippen molar-refractivity contribution in [3.63, 3.8) is 0 Å². The van der Waals surface area contributed by atoms with Crippen LogP contribution >= 0.6 is 0 Å². The van der Waals surface area contributed by atoms with Gasteiger partial charge in [0.05, 0.1) is 0 Å². The summed E-state index contributed by atoms with van der Waals surface area (Å²) in [7, 11) is 0. The van der Waals surface area contributed by atoms with Gasteiger partial charge in [-0.05, 0) is 40.2 Å². The number of carboxylic acid groups (broad SMARTS) is 1. The fourth-order valence-electron chi connectivity index (χ4n) is 2.67. The zero-order valence-corrected chi connectivity index (χ0v) is 10.6. The van der Waals surface area contributed by atoms with E-state index in [4.69, 9.17) is 5.11 Å². The molecular formula is C12H24N2O2. The van der Waals surface area contributed by atoms with Crippen molar-refractivity contribution in [3.05, 3.63) is 0 Å². The van der Waals surface area contributed by atoms with E-state index in [2.05, 4.69) is 31.0 Å². The van der Waals surface area contributed by atoms with Crippen molar-refractivity contribution in [2.45, 2.75) is 58.2 Å². The summed E-state index contributed by atoms with van der Waals surface area (Å²) in [5, 5.41) is 12.2. The topological polar surface area (TPSA) is 52.6 Å². The second-order valence-corrected chi connectivity index (χ2v) is 4.97. The van der Waals surface area contributed by atoms with Crippen LogP contribution in [0.2, 0.25) is 0 Å². The minimum Gasteiger partial charge on any atom is -0.481 e. The maximum absolute atomic E-state index is 10.6. The molecule has 0 saturated carbocycles. The van der Waals surface area contributed by atoms with Crippen LogP contribution in [0.5, 0.6) is 0 Å². The van der Waals surface area contributed by atoms with Gasteiger partial charge in [-0.3, -0.25) is 9.69 Å². The van der Waals surface area contributed by atoms with Crippen LogP contribution in [0.3, 0.4) is 0 Å². The summed E-state index contributed by atoms with van der Waals surface area (Å²) >= 11 is 0. The molecule has 4 nitrogen and oxygen atoms in total. The molecule has 2 N–H and O–H groups in total. The minimum atomic E-state index is -0.694. The molecule has 0 amide bonds. The first-order chi connectivity index (χ1) is 7.52. The Morgan fingerprint density at radius 1 is 1.56 bits per heavy atom. The third kappa shape index (κ3) is 3.76. The normalized spacial score (nSPS) is 28.0. The third-order valence-corrected chi connectivity index (χ3v) is 3.34. The van der Waals surface area contributed by atoms with Gasteiger partial charge in [-0.25, -0.2) is 0 Å². The number of hydrogen-bond acceptors (Lipinski definition) is 3. The Bertz CT molecular complexity index is 231. The fraction of sp³-hybridized carbons (Fsp3) is 0.917. The summed E-state index contributed by atoms with van der Waals surface area (Å²) in [6.07, 6.45) is 2.15. The average molecular weight is 228 g/mol. The molecule has 0 aromatic rings. The zero-order chi connectivity index (χ0) is 12.1. The van der Waals surface area contributed by atoms with Crippen molar-refractivity contribution in [2.75, 3.05) is 13.1 Å². The van der Waals surface area contributed by atoms with Crippen molar-refractivity contribution < 1.29 is 9.90 Å². The van der Waals surface area contributed by atoms with Gasteiger partial charge in [0, 0.05) is 31.1 Å². The molecule has 1 aliphatic rings. The summed E-state index contributed by atoms with van der Waals surface area (Å²) in [4.78, 5) is 13.1. The standard InChI is InChI=1S/C12H24N2O2/c1-9(2)14-10(3)6-7-13-8-11(14)4-5-12(15)16/h9-11,13H,4-8H2,1-3H3,(H,15,16). The first-order valence-corrected chi connectivity index (χ1v) is 6.22. The highest BCUT2D eigenvalue weighted by molar-refractivity contribution is 5.66. The van der Waals surface area contributed by atoms with E-state index in [-0.39, 0.29) is 6.42 Å². The Kier molecular flexibility index (Phi) is 5.22. The largest absolute Gasteiger partial charge is 0.481 e. The molecule has 1 saturated heterocycles. The van der Waals surface area contributed by atoms with Gasteiger partial charge in [0.25, 0.3) is 0 Å². The van der Waals surface area contributed by atoms with Crippen molar-refractivity contribution in [3.8, 4) is 0 Å². The quantitative estimate of drug-likeness (QED) is 0.762. The maximum Gasteiger partial charge on any atom is 0.303 e. The number of hydrogen-bond donors (Lipinski definition) is 2. The number of carbonyl (C=O) groups is 1. The number of carboxylic acids is 1. The number of rotatable bonds is 4. The summed E-state index contributed by atoms with van der Waals surface area (Å²) in [5.74, 6) is -0.694. The lowest BCUT2D eigenvalue weighted by Gasteiger charge is -2.37. The molecule has 1 fully saturated rings. The van der Waals surface area contributed by atoms with Gasteiger partial charge >= 0.3 is 5.97 Å². The SMILES string of the molecule is CC(C)N1C(C)CCNCC1CCC(=O)O. The molecule has 16 heavy (non-hydrogen) atoms. The Balaban J connectivity index is 2.63. The summed E-state index contributed by atoms with van der Waals surface area (Å²) < 4.78 is 0. The van der Waals surface area contributed by atoms with E-state index in [0.717, 1.165) is 25.9 Å². The highest BCUT2D eigenvalue weighted by Gasteiger charge is 2.28. The van der Waals surface area contributed by atoms with Crippen LogP contribution in [-0.4, -0.2) is 47.2 Å². The fourth-order valence-corrected chi connectivity index (χ4v) is 2.67. The van der Waals surface area contributed by atoms with Gasteiger partial charge < -0.3 is 10.4 Å². The summed E-state index contributed by atoms with van der Waals surface area (Å²) in [6, 6.07) is 1.37. The van der Waals surface area contributed by atoms with Crippen LogP contribution in [-0.2, 0) is 4.79 Å². The molecule has 0 aromatic heterocycles. The van der Waals surface area contributed by atoms with E-state index in [1.807, 2.05) is 0 Å². The predicted molar refractivity (Wildman–Crippen MR) is 64.6 cm³/mol. The summed E-state index contributed by atoms with van der Waals surface area (Å²) in [6.45, 7) is 8.57. The van der Waals surface area contributed by atoms with Gasteiger partial charge in [0.2, 0.25) is 0 Å². The zero-order valence-electron chi connectivity index (χ0n) is 10.6. The minimum absolute atomic E-state index is 0.266. The van der Waals surface area contributed by atoms with Crippen LogP contribution in [0.4, 0.5) is 0 Å². The highest BCUT2D eigenvalue weighted by Crippen LogP contribution is 2.18. The Morgan fingerprint density at radius 3 is 2.81 bits per heavy atom. The summed E-state index contributed by atoms with van der Waals surface area (Å²) in [5.41, 5.74) is 0. The molecule has 0 aliphatic carbocycles. The van der Waals surface area contributed by atoms with Crippen LogP contribution in [0.1, 0.15) is 40.0 Å². The predicted octanol–water partition coefficient (Wildman–Crippen LogP) is 1.31. The van der Waals surface area contributed by atoms with E-state index < -0.39 is 5.97 Å². The molecule has 1 rings (SSSR count). The average Bonchev–Trinajstić information content (AvgIpc) is 2.36. The molecule has 4 heteroatoms. The molecule has 2 atom stereocenters. The Labute approximate surface area is 98.0 Å². The van der Waals surface area contributed by atoms with E-state index in [9.17, 15) is 4.79 Å². The lowest BCUT2D eigenvalue weighted by atomic mass is 10.0. The monoisotopic (exact) mass is 228 g/mol. The third-order valence-electron chi connectivity index (χ3n) is 3.34. The molecule has 0 bridgehead atoms. The molecular weight excluding hydrogens is 204 g/mol. The molecule has 0 aromatic carbocycles. The van der Waals surface area contributed by atoms with E-state index >= 15 is 0 Å². The van der Waals surface area contributed by atoms with Gasteiger partial charge in [-0.2, -0.15) is 0 Å². The van der Waals surface area contributed by atoms with E-state index in [1.165, 1.54) is 0 Å². The van der Waals surface area contributed by atoms with Crippen molar-refractivity contribution in [1.82, 2.24) is 10.2 Å². The lowest BCUT2D eigenvalue weighted by Crippen LogP contribution is -2.47. The number of nitrogens with one attached hydrogen (secondary N) is 1. The van der Waals surface area contributed by atoms with Gasteiger partial charge in [0.15, 0.2) is 0 Å². The Morgan fingerprint density at radius 2 is 2.25 bits per heavy atom. The second-order valence-electron chi connectivity index (χ2n) is 4.97. The van der Waals surface area contributed by atoms with E-state index in [0.29, 0.717) is 18.1 Å². The number of nitrogens with zero attached hydrogens (tertiary/aromatic N) is 1.